The maximum absolute atomic E-state index is 12.9. The highest BCUT2D eigenvalue weighted by Crippen LogP contribution is 2.38. The Morgan fingerprint density at radius 1 is 1.21 bits per heavy atom. The molecule has 0 saturated carbocycles. The Bertz CT molecular complexity index is 802. The largest absolute Gasteiger partial charge is 0.507 e. The first-order chi connectivity index (χ1) is 13.8. The van der Waals surface area contributed by atoms with Crippen molar-refractivity contribution in [2.45, 2.75) is 38.4 Å². The number of rotatable bonds is 6. The van der Waals surface area contributed by atoms with Gasteiger partial charge in [-0.15, -0.1) is 10.2 Å². The van der Waals surface area contributed by atoms with E-state index in [0.29, 0.717) is 36.7 Å². The van der Waals surface area contributed by atoms with Crippen molar-refractivity contribution in [3.63, 3.8) is 0 Å². The van der Waals surface area contributed by atoms with Crippen LogP contribution in [0.1, 0.15) is 30.4 Å². The average molecular weight is 410 g/mol. The molecule has 0 bridgehead atoms. The van der Waals surface area contributed by atoms with Gasteiger partial charge in [-0.05, 0) is 56.1 Å². The molecule has 1 aromatic carbocycles. The van der Waals surface area contributed by atoms with Gasteiger partial charge in [0.15, 0.2) is 0 Å². The number of aromatic hydroxyl groups is 1. The van der Waals surface area contributed by atoms with E-state index in [4.69, 9.17) is 0 Å². The number of aromatic nitrogens is 2. The van der Waals surface area contributed by atoms with Gasteiger partial charge in [-0.3, -0.25) is 4.90 Å². The van der Waals surface area contributed by atoms with Crippen LogP contribution in [0.4, 0.5) is 19.0 Å². The lowest BCUT2D eigenvalue weighted by atomic mass is 10.0. The molecule has 1 aliphatic heterocycles. The van der Waals surface area contributed by atoms with Crippen LogP contribution in [0, 0.1) is 6.92 Å². The summed E-state index contributed by atoms with van der Waals surface area (Å²) in [5.41, 5.74) is -0.0890. The van der Waals surface area contributed by atoms with Crippen molar-refractivity contribution in [2.75, 3.05) is 31.6 Å². The number of benzene rings is 1. The highest BCUT2D eigenvalue weighted by atomic mass is 19.4. The Morgan fingerprint density at radius 3 is 2.62 bits per heavy atom. The summed E-state index contributed by atoms with van der Waals surface area (Å²) in [6.07, 6.45) is -1.22. The fraction of sp³-hybridized carbons (Fsp3) is 0.500. The summed E-state index contributed by atoms with van der Waals surface area (Å²) < 4.78 is 38.7. The second kappa shape index (κ2) is 8.96. The van der Waals surface area contributed by atoms with Crippen LogP contribution in [0.2, 0.25) is 0 Å². The number of halogens is 3. The zero-order valence-electron chi connectivity index (χ0n) is 16.2. The van der Waals surface area contributed by atoms with Crippen LogP contribution < -0.4 is 5.32 Å². The van der Waals surface area contributed by atoms with Gasteiger partial charge in [0.05, 0.1) is 17.9 Å². The zero-order chi connectivity index (χ0) is 21.0. The molecular weight excluding hydrogens is 385 g/mol. The number of aliphatic hydroxyl groups is 1. The second-order valence-electron chi connectivity index (χ2n) is 7.28. The second-order valence-corrected chi connectivity index (χ2v) is 7.28. The quantitative estimate of drug-likeness (QED) is 0.677. The van der Waals surface area contributed by atoms with E-state index in [1.54, 1.807) is 12.1 Å². The Labute approximate surface area is 167 Å². The third kappa shape index (κ3) is 5.16. The van der Waals surface area contributed by atoms with Crippen molar-refractivity contribution in [3.8, 4) is 17.0 Å². The molecule has 29 heavy (non-hydrogen) atoms. The zero-order valence-corrected chi connectivity index (χ0v) is 16.2. The van der Waals surface area contributed by atoms with Gasteiger partial charge in [-0.1, -0.05) is 6.42 Å². The van der Waals surface area contributed by atoms with Crippen LogP contribution in [-0.2, 0) is 6.18 Å². The van der Waals surface area contributed by atoms with Crippen LogP contribution in [0.5, 0.6) is 5.75 Å². The lowest BCUT2D eigenvalue weighted by Gasteiger charge is -2.35. The Balaban J connectivity index is 1.70. The number of likely N-dealkylation sites (tertiary alicyclic amines) is 1. The van der Waals surface area contributed by atoms with E-state index in [2.05, 4.69) is 20.4 Å². The summed E-state index contributed by atoms with van der Waals surface area (Å²) in [4.78, 5) is 2.25. The molecule has 0 amide bonds. The highest BCUT2D eigenvalue weighted by molar-refractivity contribution is 5.71. The number of hydrogen-bond acceptors (Lipinski definition) is 6. The van der Waals surface area contributed by atoms with E-state index in [9.17, 15) is 23.4 Å². The van der Waals surface area contributed by atoms with E-state index in [0.717, 1.165) is 31.9 Å². The van der Waals surface area contributed by atoms with Gasteiger partial charge in [-0.25, -0.2) is 0 Å². The monoisotopic (exact) mass is 410 g/mol. The van der Waals surface area contributed by atoms with Crippen LogP contribution >= 0.6 is 0 Å². The summed E-state index contributed by atoms with van der Waals surface area (Å²) in [7, 11) is 0. The Kier molecular flexibility index (Phi) is 6.59. The fourth-order valence-electron chi connectivity index (χ4n) is 3.76. The number of phenols is 1. The lowest BCUT2D eigenvalue weighted by molar-refractivity contribution is -0.137. The van der Waals surface area contributed by atoms with Crippen LogP contribution in [0.3, 0.4) is 0 Å². The minimum atomic E-state index is -4.52. The third-order valence-corrected chi connectivity index (χ3v) is 5.22. The smallest absolute Gasteiger partial charge is 0.416 e. The normalized spacial score (nSPS) is 18.0. The van der Waals surface area contributed by atoms with Crippen molar-refractivity contribution in [1.82, 2.24) is 15.1 Å². The van der Waals surface area contributed by atoms with Crippen LogP contribution in [0.25, 0.3) is 11.3 Å². The molecule has 1 fully saturated rings. The van der Waals surface area contributed by atoms with Crippen molar-refractivity contribution >= 4 is 5.82 Å². The molecule has 9 heteroatoms. The van der Waals surface area contributed by atoms with Gasteiger partial charge in [0.2, 0.25) is 0 Å². The molecule has 1 atom stereocenters. The summed E-state index contributed by atoms with van der Waals surface area (Å²) in [5, 5.41) is 30.7. The molecule has 1 aromatic heterocycles. The van der Waals surface area contributed by atoms with Crippen molar-refractivity contribution in [1.29, 1.82) is 0 Å². The molecular formula is C20H25F3N4O2. The number of alkyl halides is 3. The summed E-state index contributed by atoms with van der Waals surface area (Å²) >= 11 is 0. The van der Waals surface area contributed by atoms with Gasteiger partial charge < -0.3 is 15.5 Å². The number of β-amino-alcohol motifs (C(OH)–C–C–N with tert-alkyl or cyclic N) is 1. The SMILES string of the molecule is Cc1cc(C(F)(F)F)cc(O)c1-c1ccc(NCC2CCCCN2CCO)nn1. The minimum absolute atomic E-state index is 0.126. The average Bonchev–Trinajstić information content (AvgIpc) is 2.67. The first kappa shape index (κ1) is 21.3. The predicted molar refractivity (Wildman–Crippen MR) is 104 cm³/mol. The number of aryl methyl sites for hydroxylation is 1. The Morgan fingerprint density at radius 2 is 2.00 bits per heavy atom. The van der Waals surface area contributed by atoms with Gasteiger partial charge >= 0.3 is 6.18 Å². The number of hydrogen-bond donors (Lipinski definition) is 3. The van der Waals surface area contributed by atoms with Crippen molar-refractivity contribution in [2.24, 2.45) is 0 Å². The summed E-state index contributed by atoms with van der Waals surface area (Å²) in [6, 6.07) is 5.31. The van der Waals surface area contributed by atoms with Crippen molar-refractivity contribution < 1.29 is 23.4 Å². The molecule has 158 valence electrons. The molecule has 0 radical (unpaired) electrons. The first-order valence-electron chi connectivity index (χ1n) is 9.63. The maximum Gasteiger partial charge on any atom is 0.416 e. The van der Waals surface area contributed by atoms with Crippen LogP contribution in [0.15, 0.2) is 24.3 Å². The minimum Gasteiger partial charge on any atom is -0.507 e. The highest BCUT2D eigenvalue weighted by Gasteiger charge is 2.32. The number of phenolic OH excluding ortho intramolecular Hbond substituents is 1. The van der Waals surface area contributed by atoms with E-state index < -0.39 is 17.5 Å². The van der Waals surface area contributed by atoms with Gasteiger partial charge in [-0.2, -0.15) is 13.2 Å². The molecule has 1 saturated heterocycles. The fourth-order valence-corrected chi connectivity index (χ4v) is 3.76. The van der Waals surface area contributed by atoms with Gasteiger partial charge in [0, 0.05) is 24.7 Å². The predicted octanol–water partition coefficient (Wildman–Crippen LogP) is 3.44. The van der Waals surface area contributed by atoms with Crippen LogP contribution in [-0.4, -0.2) is 57.6 Å². The molecule has 2 aromatic rings. The Hall–Kier alpha value is -2.39. The molecule has 2 heterocycles. The summed E-state index contributed by atoms with van der Waals surface area (Å²) in [6.45, 7) is 3.89. The van der Waals surface area contributed by atoms with Gasteiger partial charge in [0.25, 0.3) is 0 Å². The standard InChI is InChI=1S/C20H25F3N4O2/c1-13-10-14(20(21,22)23)11-17(29)19(13)16-5-6-18(26-25-16)24-12-15-4-2-3-7-27(15)8-9-28/h5-6,10-11,15,28-29H,2-4,7-9,12H2,1H3,(H,24,26). The first-order valence-corrected chi connectivity index (χ1v) is 9.63. The molecule has 6 nitrogen and oxygen atoms in total. The van der Waals surface area contributed by atoms with E-state index in [1.807, 2.05) is 0 Å². The molecule has 3 rings (SSSR count). The summed E-state index contributed by atoms with van der Waals surface area (Å²) in [5.74, 6) is 0.0708. The van der Waals surface area contributed by atoms with Gasteiger partial charge in [0.1, 0.15) is 11.6 Å². The number of aliphatic hydroxyl groups excluding tert-OH is 1. The maximum atomic E-state index is 12.9. The van der Waals surface area contributed by atoms with E-state index >= 15 is 0 Å². The number of piperidine rings is 1. The van der Waals surface area contributed by atoms with E-state index in [-0.39, 0.29) is 17.7 Å². The van der Waals surface area contributed by atoms with Crippen molar-refractivity contribution in [3.05, 3.63) is 35.4 Å². The lowest BCUT2D eigenvalue weighted by Crippen LogP contribution is -2.44. The molecule has 1 aliphatic rings. The topological polar surface area (TPSA) is 81.5 Å². The third-order valence-electron chi connectivity index (χ3n) is 5.22. The molecule has 0 spiro atoms. The number of nitrogens with one attached hydrogen (secondary N) is 1. The van der Waals surface area contributed by atoms with E-state index in [1.165, 1.54) is 6.92 Å². The molecule has 3 N–H and O–H groups in total. The molecule has 0 aliphatic carbocycles. The number of nitrogens with zero attached hydrogens (tertiary/aromatic N) is 3. The molecule has 1 unspecified atom stereocenters. The number of anilines is 1.